The zero-order chi connectivity index (χ0) is 5.70. The predicted molar refractivity (Wildman–Crippen MR) is 32.3 cm³/mol. The quantitative estimate of drug-likeness (QED) is 0.251. The van der Waals surface area contributed by atoms with Crippen molar-refractivity contribution < 1.29 is 18.9 Å². The Morgan fingerprint density at radius 3 is 1.75 bits per heavy atom. The van der Waals surface area contributed by atoms with Gasteiger partial charge in [0.05, 0.1) is 0 Å². The van der Waals surface area contributed by atoms with Gasteiger partial charge in [0, 0.05) is 0 Å². The Bertz CT molecular complexity index is 64.8. The second kappa shape index (κ2) is 7.07. The van der Waals surface area contributed by atoms with E-state index in [2.05, 4.69) is 5.10 Å². The van der Waals surface area contributed by atoms with Crippen molar-refractivity contribution in [3.63, 3.8) is 0 Å². The summed E-state index contributed by atoms with van der Waals surface area (Å²) in [7, 11) is 0. The molecule has 8 heavy (non-hydrogen) atoms. The molecule has 0 atom stereocenters. The first-order valence-electron chi connectivity index (χ1n) is 2.57. The molecule has 2 nitrogen and oxygen atoms in total. The Kier molecular flexibility index (Phi) is 9.67. The number of nitrogens with one attached hydrogen (secondary N) is 1. The van der Waals surface area contributed by atoms with Gasteiger partial charge in [-0.25, -0.2) is 0 Å². The van der Waals surface area contributed by atoms with Crippen LogP contribution in [0.25, 0.3) is 5.84 Å². The van der Waals surface area contributed by atoms with E-state index in [1.54, 1.807) is 0 Å². The third kappa shape index (κ3) is 4.23. The Balaban J connectivity index is 0. The molecule has 0 aromatic heterocycles. The maximum absolute atomic E-state index is 6.55. The smallest absolute Gasteiger partial charge is 0.617 e. The molecule has 0 saturated carbocycles. The SMILES string of the molecule is CCC(CC)=N[NH-].[Li+]. The van der Waals surface area contributed by atoms with Crippen molar-refractivity contribution in [3.05, 3.63) is 5.84 Å². The van der Waals surface area contributed by atoms with E-state index in [9.17, 15) is 0 Å². The van der Waals surface area contributed by atoms with Gasteiger partial charge >= 0.3 is 18.9 Å². The van der Waals surface area contributed by atoms with Crippen molar-refractivity contribution >= 4 is 5.71 Å². The fourth-order valence-corrected chi connectivity index (χ4v) is 0.408. The van der Waals surface area contributed by atoms with Crippen LogP contribution in [0.2, 0.25) is 0 Å². The largest absolute Gasteiger partial charge is 1.00 e. The van der Waals surface area contributed by atoms with Crippen LogP contribution in [0.5, 0.6) is 0 Å². The van der Waals surface area contributed by atoms with Gasteiger partial charge < -0.3 is 10.9 Å². The average molecular weight is 106 g/mol. The maximum Gasteiger partial charge on any atom is 1.00 e. The standard InChI is InChI=1S/C5H11N2.Li/c1-3-5(4-2)7-6;/h6H,3-4H2,1-2H3;/q-1;+1. The summed E-state index contributed by atoms with van der Waals surface area (Å²) >= 11 is 0. The average Bonchev–Trinajstić information content (AvgIpc) is 1.72. The molecule has 0 spiro atoms. The van der Waals surface area contributed by atoms with Crippen LogP contribution in [0.15, 0.2) is 5.10 Å². The summed E-state index contributed by atoms with van der Waals surface area (Å²) in [4.78, 5) is 0. The van der Waals surface area contributed by atoms with E-state index in [1.165, 1.54) is 0 Å². The topological polar surface area (TPSA) is 36.2 Å². The molecule has 0 bridgehead atoms. The predicted octanol–water partition coefficient (Wildman–Crippen LogP) is -0.781. The first-order chi connectivity index (χ1) is 3.35. The molecule has 0 heterocycles. The molecular weight excluding hydrogens is 95.0 g/mol. The number of hydrogen-bond acceptors (Lipinski definition) is 1. The molecule has 3 heteroatoms. The van der Waals surface area contributed by atoms with Crippen molar-refractivity contribution in [1.82, 2.24) is 0 Å². The van der Waals surface area contributed by atoms with E-state index in [0.717, 1.165) is 18.6 Å². The van der Waals surface area contributed by atoms with Gasteiger partial charge in [0.1, 0.15) is 0 Å². The number of hydrogen-bond donors (Lipinski definition) is 0. The van der Waals surface area contributed by atoms with E-state index in [-0.39, 0.29) is 18.9 Å². The molecule has 0 amide bonds. The van der Waals surface area contributed by atoms with Crippen LogP contribution in [0.3, 0.4) is 0 Å². The summed E-state index contributed by atoms with van der Waals surface area (Å²) in [6, 6.07) is 0. The van der Waals surface area contributed by atoms with Crippen molar-refractivity contribution in [1.29, 1.82) is 0 Å². The molecule has 1 N–H and O–H groups in total. The second-order valence-corrected chi connectivity index (χ2v) is 1.39. The molecule has 0 aromatic carbocycles. The summed E-state index contributed by atoms with van der Waals surface area (Å²) in [5.74, 6) is 6.55. The monoisotopic (exact) mass is 106 g/mol. The molecule has 0 fully saturated rings. The molecule has 0 aromatic rings. The Morgan fingerprint density at radius 1 is 1.38 bits per heavy atom. The van der Waals surface area contributed by atoms with E-state index in [0.29, 0.717) is 0 Å². The first-order valence-corrected chi connectivity index (χ1v) is 2.57. The molecule has 0 rings (SSSR count). The first kappa shape index (κ1) is 10.9. The molecule has 0 aliphatic rings. The van der Waals surface area contributed by atoms with E-state index >= 15 is 0 Å². The van der Waals surface area contributed by atoms with Crippen LogP contribution in [0, 0.1) is 0 Å². The van der Waals surface area contributed by atoms with Gasteiger partial charge in [0.15, 0.2) is 0 Å². The Morgan fingerprint density at radius 2 is 1.75 bits per heavy atom. The number of nitrogens with zero attached hydrogens (tertiary/aromatic N) is 1. The van der Waals surface area contributed by atoms with E-state index in [4.69, 9.17) is 5.84 Å². The van der Waals surface area contributed by atoms with E-state index < -0.39 is 0 Å². The van der Waals surface area contributed by atoms with Crippen molar-refractivity contribution in [2.75, 3.05) is 0 Å². The van der Waals surface area contributed by atoms with Gasteiger partial charge in [-0.3, -0.25) is 0 Å². The minimum atomic E-state index is 0. The molecule has 0 aliphatic heterocycles. The van der Waals surface area contributed by atoms with Gasteiger partial charge in [-0.1, -0.05) is 13.8 Å². The molecular formula is C5H11LiN2. The summed E-state index contributed by atoms with van der Waals surface area (Å²) in [5.41, 5.74) is 0.972. The fraction of sp³-hybridized carbons (Fsp3) is 0.800. The summed E-state index contributed by atoms with van der Waals surface area (Å²) in [6.45, 7) is 4.02. The van der Waals surface area contributed by atoms with Gasteiger partial charge in [0.25, 0.3) is 0 Å². The van der Waals surface area contributed by atoms with Gasteiger partial charge in [-0.05, 0) is 18.6 Å². The zero-order valence-corrected chi connectivity index (χ0v) is 5.86. The van der Waals surface area contributed by atoms with Gasteiger partial charge in [0.2, 0.25) is 0 Å². The van der Waals surface area contributed by atoms with Crippen molar-refractivity contribution in [3.8, 4) is 0 Å². The molecule has 0 saturated heterocycles. The number of rotatable bonds is 2. The van der Waals surface area contributed by atoms with Crippen LogP contribution in [0.1, 0.15) is 26.7 Å². The van der Waals surface area contributed by atoms with Gasteiger partial charge in [-0.15, -0.1) is 0 Å². The molecule has 42 valence electrons. The maximum atomic E-state index is 6.55. The van der Waals surface area contributed by atoms with Crippen LogP contribution in [0.4, 0.5) is 0 Å². The second-order valence-electron chi connectivity index (χ2n) is 1.39. The fourth-order valence-electron chi connectivity index (χ4n) is 0.408. The van der Waals surface area contributed by atoms with Crippen molar-refractivity contribution in [2.24, 2.45) is 5.10 Å². The van der Waals surface area contributed by atoms with Gasteiger partial charge in [-0.2, -0.15) is 0 Å². The normalized spacial score (nSPS) is 7.25. The van der Waals surface area contributed by atoms with Crippen LogP contribution in [-0.4, -0.2) is 5.71 Å². The third-order valence-corrected chi connectivity index (χ3v) is 0.974. The zero-order valence-electron chi connectivity index (χ0n) is 5.86. The van der Waals surface area contributed by atoms with E-state index in [1.807, 2.05) is 13.8 Å². The van der Waals surface area contributed by atoms with Crippen LogP contribution < -0.4 is 18.9 Å². The minimum absolute atomic E-state index is 0. The summed E-state index contributed by atoms with van der Waals surface area (Å²) < 4.78 is 0. The molecule has 0 unspecified atom stereocenters. The van der Waals surface area contributed by atoms with Crippen LogP contribution in [-0.2, 0) is 0 Å². The van der Waals surface area contributed by atoms with Crippen molar-refractivity contribution in [2.45, 2.75) is 26.7 Å². The van der Waals surface area contributed by atoms with Crippen LogP contribution >= 0.6 is 0 Å². The minimum Gasteiger partial charge on any atom is -0.617 e. The Hall–Kier alpha value is 0.0674. The molecule has 0 aliphatic carbocycles. The summed E-state index contributed by atoms with van der Waals surface area (Å²) in [6.07, 6.45) is 1.83. The summed E-state index contributed by atoms with van der Waals surface area (Å²) in [5, 5.41) is 3.29. The third-order valence-electron chi connectivity index (χ3n) is 0.974. The Labute approximate surface area is 62.7 Å². The molecule has 0 radical (unpaired) electrons.